The zero-order valence-corrected chi connectivity index (χ0v) is 12.9. The monoisotopic (exact) mass is 285 g/mol. The number of hydrogen-bond donors (Lipinski definition) is 3. The summed E-state index contributed by atoms with van der Waals surface area (Å²) in [5, 5.41) is 15.2. The minimum Gasteiger partial charge on any atom is -0.481 e. The maximum atomic E-state index is 12.3. The van der Waals surface area contributed by atoms with E-state index < -0.39 is 17.4 Å². The number of carboxylic acid groups (broad SMARTS) is 1. The largest absolute Gasteiger partial charge is 0.481 e. The van der Waals surface area contributed by atoms with Gasteiger partial charge in [-0.05, 0) is 19.8 Å². The average Bonchev–Trinajstić information content (AvgIpc) is 2.38. The highest BCUT2D eigenvalue weighted by Crippen LogP contribution is 2.16. The van der Waals surface area contributed by atoms with Gasteiger partial charge in [-0.25, -0.2) is 0 Å². The van der Waals surface area contributed by atoms with Gasteiger partial charge in [0.15, 0.2) is 0 Å². The maximum absolute atomic E-state index is 12.3. The third-order valence-electron chi connectivity index (χ3n) is 4.07. The molecule has 1 aliphatic heterocycles. The number of amides is 1. The third kappa shape index (κ3) is 4.18. The van der Waals surface area contributed by atoms with Gasteiger partial charge in [-0.1, -0.05) is 13.8 Å². The minimum atomic E-state index is -0.861. The summed E-state index contributed by atoms with van der Waals surface area (Å²) in [7, 11) is 0. The third-order valence-corrected chi connectivity index (χ3v) is 4.07. The molecule has 0 aromatic heterocycles. The second-order valence-electron chi connectivity index (χ2n) is 6.19. The molecule has 116 valence electrons. The van der Waals surface area contributed by atoms with E-state index in [9.17, 15) is 9.59 Å². The lowest BCUT2D eigenvalue weighted by Crippen LogP contribution is -2.60. The number of rotatable bonds is 6. The molecule has 6 heteroatoms. The van der Waals surface area contributed by atoms with Crippen molar-refractivity contribution in [3.05, 3.63) is 0 Å². The molecule has 1 aliphatic rings. The normalized spacial score (nSPS) is 18.9. The zero-order chi connectivity index (χ0) is 15.3. The maximum Gasteiger partial charge on any atom is 0.308 e. The fourth-order valence-electron chi connectivity index (χ4n) is 2.39. The summed E-state index contributed by atoms with van der Waals surface area (Å²) in [6.45, 7) is 11.1. The predicted molar refractivity (Wildman–Crippen MR) is 77.5 cm³/mol. The molecule has 0 aromatic rings. The van der Waals surface area contributed by atoms with Crippen molar-refractivity contribution in [2.24, 2.45) is 11.8 Å². The van der Waals surface area contributed by atoms with E-state index in [1.807, 2.05) is 27.7 Å². The summed E-state index contributed by atoms with van der Waals surface area (Å²) < 4.78 is 0. The number of aliphatic carboxylic acids is 1. The molecule has 0 bridgehead atoms. The number of nitrogens with one attached hydrogen (secondary N) is 2. The molecule has 3 N–H and O–H groups in total. The first-order valence-electron chi connectivity index (χ1n) is 7.23. The smallest absolute Gasteiger partial charge is 0.308 e. The summed E-state index contributed by atoms with van der Waals surface area (Å²) in [5.41, 5.74) is -0.609. The molecule has 20 heavy (non-hydrogen) atoms. The SMILES string of the molecule is CC(C)C(CNC(=O)C(C)(C)N1CCNCC1)C(=O)O. The highest BCUT2D eigenvalue weighted by atomic mass is 16.4. The first kappa shape index (κ1) is 16.9. The number of piperazine rings is 1. The van der Waals surface area contributed by atoms with E-state index in [2.05, 4.69) is 15.5 Å². The zero-order valence-electron chi connectivity index (χ0n) is 12.9. The van der Waals surface area contributed by atoms with Crippen LogP contribution in [0.3, 0.4) is 0 Å². The summed E-state index contributed by atoms with van der Waals surface area (Å²) in [6, 6.07) is 0. The first-order valence-corrected chi connectivity index (χ1v) is 7.23. The van der Waals surface area contributed by atoms with Gasteiger partial charge in [0.05, 0.1) is 11.5 Å². The molecule has 0 saturated carbocycles. The van der Waals surface area contributed by atoms with Crippen LogP contribution in [-0.2, 0) is 9.59 Å². The van der Waals surface area contributed by atoms with Crippen molar-refractivity contribution in [1.29, 1.82) is 0 Å². The van der Waals surface area contributed by atoms with Crippen LogP contribution in [0.15, 0.2) is 0 Å². The van der Waals surface area contributed by atoms with Crippen molar-refractivity contribution < 1.29 is 14.7 Å². The van der Waals surface area contributed by atoms with Crippen LogP contribution in [-0.4, -0.2) is 60.1 Å². The van der Waals surface area contributed by atoms with E-state index in [1.165, 1.54) is 0 Å². The van der Waals surface area contributed by atoms with Crippen LogP contribution in [0, 0.1) is 11.8 Å². The Morgan fingerprint density at radius 3 is 2.30 bits per heavy atom. The summed E-state index contributed by atoms with van der Waals surface area (Å²) in [5.74, 6) is -1.51. The highest BCUT2D eigenvalue weighted by molar-refractivity contribution is 5.86. The number of nitrogens with zero attached hydrogens (tertiary/aromatic N) is 1. The van der Waals surface area contributed by atoms with Gasteiger partial charge in [0.2, 0.25) is 5.91 Å². The van der Waals surface area contributed by atoms with E-state index in [4.69, 9.17) is 5.11 Å². The van der Waals surface area contributed by atoms with Gasteiger partial charge in [0.25, 0.3) is 0 Å². The molecule has 0 aliphatic carbocycles. The standard InChI is InChI=1S/C14H27N3O3/c1-10(2)11(12(18)19)9-16-13(20)14(3,4)17-7-5-15-6-8-17/h10-11,15H,5-9H2,1-4H3,(H,16,20)(H,18,19). The van der Waals surface area contributed by atoms with E-state index in [0.717, 1.165) is 26.2 Å². The molecule has 1 saturated heterocycles. The molecule has 1 fully saturated rings. The molecule has 1 atom stereocenters. The Morgan fingerprint density at radius 1 is 1.30 bits per heavy atom. The van der Waals surface area contributed by atoms with E-state index in [1.54, 1.807) is 0 Å². The van der Waals surface area contributed by atoms with Gasteiger partial charge in [0.1, 0.15) is 0 Å². The lowest BCUT2D eigenvalue weighted by atomic mass is 9.95. The van der Waals surface area contributed by atoms with Crippen molar-refractivity contribution in [3.63, 3.8) is 0 Å². The van der Waals surface area contributed by atoms with Gasteiger partial charge >= 0.3 is 5.97 Å². The second kappa shape index (κ2) is 7.04. The molecular weight excluding hydrogens is 258 g/mol. The number of hydrogen-bond acceptors (Lipinski definition) is 4. The van der Waals surface area contributed by atoms with Crippen LogP contribution in [0.5, 0.6) is 0 Å². The van der Waals surface area contributed by atoms with Crippen LogP contribution < -0.4 is 10.6 Å². The van der Waals surface area contributed by atoms with Gasteiger partial charge < -0.3 is 15.7 Å². The Balaban J connectivity index is 2.57. The second-order valence-corrected chi connectivity index (χ2v) is 6.19. The molecule has 0 radical (unpaired) electrons. The Bertz CT molecular complexity index is 350. The van der Waals surface area contributed by atoms with Crippen molar-refractivity contribution >= 4 is 11.9 Å². The fourth-order valence-corrected chi connectivity index (χ4v) is 2.39. The molecule has 1 heterocycles. The van der Waals surface area contributed by atoms with Crippen molar-refractivity contribution in [2.45, 2.75) is 33.2 Å². The van der Waals surface area contributed by atoms with E-state index >= 15 is 0 Å². The quantitative estimate of drug-likeness (QED) is 0.647. The molecular formula is C14H27N3O3. The summed E-state index contributed by atoms with van der Waals surface area (Å²) in [6.07, 6.45) is 0. The van der Waals surface area contributed by atoms with Crippen LogP contribution >= 0.6 is 0 Å². The first-order chi connectivity index (χ1) is 9.26. The topological polar surface area (TPSA) is 81.7 Å². The van der Waals surface area contributed by atoms with Crippen molar-refractivity contribution in [1.82, 2.24) is 15.5 Å². The molecule has 0 aromatic carbocycles. The van der Waals surface area contributed by atoms with Crippen molar-refractivity contribution in [3.8, 4) is 0 Å². The lowest BCUT2D eigenvalue weighted by Gasteiger charge is -2.40. The number of carbonyl (C=O) groups is 2. The summed E-state index contributed by atoms with van der Waals surface area (Å²) in [4.78, 5) is 25.6. The molecule has 1 amide bonds. The van der Waals surface area contributed by atoms with Gasteiger partial charge in [-0.3, -0.25) is 14.5 Å². The van der Waals surface area contributed by atoms with Crippen molar-refractivity contribution in [2.75, 3.05) is 32.7 Å². The van der Waals surface area contributed by atoms with Crippen LogP contribution in [0.1, 0.15) is 27.7 Å². The highest BCUT2D eigenvalue weighted by Gasteiger charge is 2.35. The lowest BCUT2D eigenvalue weighted by molar-refractivity contribution is -0.143. The van der Waals surface area contributed by atoms with Gasteiger partial charge in [-0.2, -0.15) is 0 Å². The van der Waals surface area contributed by atoms with Crippen LogP contribution in [0.4, 0.5) is 0 Å². The fraction of sp³-hybridized carbons (Fsp3) is 0.857. The Kier molecular flexibility index (Phi) is 5.95. The molecule has 1 unspecified atom stereocenters. The molecule has 1 rings (SSSR count). The minimum absolute atomic E-state index is 0.00454. The van der Waals surface area contributed by atoms with Crippen LogP contribution in [0.2, 0.25) is 0 Å². The molecule has 6 nitrogen and oxygen atoms in total. The van der Waals surface area contributed by atoms with E-state index in [-0.39, 0.29) is 18.4 Å². The van der Waals surface area contributed by atoms with E-state index in [0.29, 0.717) is 0 Å². The van der Waals surface area contributed by atoms with Crippen LogP contribution in [0.25, 0.3) is 0 Å². The van der Waals surface area contributed by atoms with Gasteiger partial charge in [-0.15, -0.1) is 0 Å². The average molecular weight is 285 g/mol. The Hall–Kier alpha value is -1.14. The Labute approximate surface area is 120 Å². The van der Waals surface area contributed by atoms with Gasteiger partial charge in [0, 0.05) is 32.7 Å². The summed E-state index contributed by atoms with van der Waals surface area (Å²) >= 11 is 0. The number of carboxylic acids is 1. The molecule has 0 spiro atoms. The Morgan fingerprint density at radius 2 is 1.85 bits per heavy atom. The predicted octanol–water partition coefficient (Wildman–Crippen LogP) is 0.143. The number of carbonyl (C=O) groups excluding carboxylic acids is 1.